The van der Waals surface area contributed by atoms with Crippen molar-refractivity contribution in [1.82, 2.24) is 15.1 Å². The zero-order valence-electron chi connectivity index (χ0n) is 16.5. The number of amides is 1. The number of halogens is 1. The van der Waals surface area contributed by atoms with Gasteiger partial charge in [-0.15, -0.1) is 0 Å². The molecule has 3 rings (SSSR count). The van der Waals surface area contributed by atoms with Gasteiger partial charge < -0.3 is 14.8 Å². The molecule has 152 valence electrons. The van der Waals surface area contributed by atoms with Crippen LogP contribution in [0.1, 0.15) is 35.5 Å². The number of aromatic nitrogens is 2. The maximum absolute atomic E-state index is 12.6. The average Bonchev–Trinajstić information content (AvgIpc) is 3.11. The van der Waals surface area contributed by atoms with Crippen LogP contribution in [0.5, 0.6) is 11.5 Å². The molecule has 0 unspecified atom stereocenters. The molecule has 3 aromatic rings. The summed E-state index contributed by atoms with van der Waals surface area (Å²) in [6, 6.07) is 14.9. The zero-order chi connectivity index (χ0) is 20.6. The van der Waals surface area contributed by atoms with Crippen molar-refractivity contribution >= 4 is 21.8 Å². The molecule has 0 fully saturated rings. The normalized spacial score (nSPS) is 10.6. The Morgan fingerprint density at radius 1 is 1.10 bits per heavy atom. The van der Waals surface area contributed by atoms with E-state index in [9.17, 15) is 4.79 Å². The van der Waals surface area contributed by atoms with Crippen molar-refractivity contribution in [1.29, 1.82) is 0 Å². The van der Waals surface area contributed by atoms with E-state index in [-0.39, 0.29) is 5.91 Å². The molecule has 2 aromatic carbocycles. The monoisotopic (exact) mass is 457 g/mol. The van der Waals surface area contributed by atoms with E-state index in [1.807, 2.05) is 61.0 Å². The average molecular weight is 458 g/mol. The molecule has 0 spiro atoms. The number of rotatable bonds is 9. The molecule has 1 aromatic heterocycles. The fourth-order valence-corrected chi connectivity index (χ4v) is 3.31. The molecule has 0 aliphatic heterocycles. The first-order valence-electron chi connectivity index (χ1n) is 9.53. The van der Waals surface area contributed by atoms with Crippen LogP contribution in [0.15, 0.2) is 59.2 Å². The van der Waals surface area contributed by atoms with E-state index < -0.39 is 0 Å². The summed E-state index contributed by atoms with van der Waals surface area (Å²) in [5.74, 6) is 1.43. The highest BCUT2D eigenvalue weighted by Crippen LogP contribution is 2.19. The van der Waals surface area contributed by atoms with Crippen LogP contribution >= 0.6 is 15.9 Å². The second-order valence-electron chi connectivity index (χ2n) is 6.33. The molecule has 0 saturated carbocycles. The summed E-state index contributed by atoms with van der Waals surface area (Å²) in [6.45, 7) is 6.12. The predicted octanol–water partition coefficient (Wildman–Crippen LogP) is 4.57. The van der Waals surface area contributed by atoms with Gasteiger partial charge in [-0.1, -0.05) is 12.1 Å². The van der Waals surface area contributed by atoms with Crippen molar-refractivity contribution in [2.45, 2.75) is 33.5 Å². The number of aryl methyl sites for hydroxylation is 1. The summed E-state index contributed by atoms with van der Waals surface area (Å²) < 4.78 is 14.0. The molecule has 0 radical (unpaired) electrons. The van der Waals surface area contributed by atoms with Crippen molar-refractivity contribution in [3.05, 3.63) is 76.0 Å². The minimum Gasteiger partial charge on any atom is -0.494 e. The Bertz CT molecular complexity index is 954. The van der Waals surface area contributed by atoms with E-state index in [1.54, 1.807) is 12.3 Å². The molecule has 0 aliphatic rings. The van der Waals surface area contributed by atoms with Gasteiger partial charge in [0.05, 0.1) is 29.5 Å². The molecule has 1 N–H and O–H groups in total. The Morgan fingerprint density at radius 3 is 2.52 bits per heavy atom. The lowest BCUT2D eigenvalue weighted by molar-refractivity contribution is 0.0949. The Hall–Kier alpha value is -2.80. The summed E-state index contributed by atoms with van der Waals surface area (Å²) >= 11 is 3.47. The van der Waals surface area contributed by atoms with E-state index in [1.165, 1.54) is 0 Å². The van der Waals surface area contributed by atoms with Gasteiger partial charge in [0.25, 0.3) is 5.91 Å². The van der Waals surface area contributed by atoms with Gasteiger partial charge in [0.15, 0.2) is 0 Å². The maximum atomic E-state index is 12.6. The number of carbonyl (C=O) groups is 1. The highest BCUT2D eigenvalue weighted by Gasteiger charge is 2.11. The van der Waals surface area contributed by atoms with Gasteiger partial charge in [-0.05, 0) is 71.7 Å². The van der Waals surface area contributed by atoms with Crippen LogP contribution in [0.4, 0.5) is 0 Å². The fraction of sp³-hybridized carbons (Fsp3) is 0.273. The quantitative estimate of drug-likeness (QED) is 0.510. The van der Waals surface area contributed by atoms with E-state index >= 15 is 0 Å². The Labute approximate surface area is 179 Å². The third kappa shape index (κ3) is 5.60. The second-order valence-corrected chi connectivity index (χ2v) is 7.19. The minimum atomic E-state index is -0.135. The standard InChI is InChI=1S/C22H24BrN3O3/c1-3-26-21(20(23)13-25-26)14-24-22(27)17-7-5-6-16(12-17)15-29-19-10-8-18(9-11-19)28-4-2/h5-13H,3-4,14-15H2,1-2H3,(H,24,27). The first-order chi connectivity index (χ1) is 14.1. The molecule has 0 saturated heterocycles. The second kappa shape index (κ2) is 10.1. The maximum Gasteiger partial charge on any atom is 0.251 e. The number of hydrogen-bond acceptors (Lipinski definition) is 4. The highest BCUT2D eigenvalue weighted by molar-refractivity contribution is 9.10. The molecule has 1 heterocycles. The van der Waals surface area contributed by atoms with Gasteiger partial charge in [-0.3, -0.25) is 9.48 Å². The van der Waals surface area contributed by atoms with Crippen LogP contribution in [0.25, 0.3) is 0 Å². The summed E-state index contributed by atoms with van der Waals surface area (Å²) in [4.78, 5) is 12.6. The first-order valence-corrected chi connectivity index (χ1v) is 10.3. The predicted molar refractivity (Wildman–Crippen MR) is 115 cm³/mol. The van der Waals surface area contributed by atoms with Crippen LogP contribution < -0.4 is 14.8 Å². The Balaban J connectivity index is 1.58. The van der Waals surface area contributed by atoms with Gasteiger partial charge in [-0.25, -0.2) is 0 Å². The largest absolute Gasteiger partial charge is 0.494 e. The SMILES string of the molecule is CCOc1ccc(OCc2cccc(C(=O)NCc3c(Br)cnn3CC)c2)cc1. The molecule has 7 heteroatoms. The van der Waals surface area contributed by atoms with Crippen molar-refractivity contribution in [3.63, 3.8) is 0 Å². The van der Waals surface area contributed by atoms with E-state index in [0.29, 0.717) is 25.3 Å². The molecular weight excluding hydrogens is 434 g/mol. The number of carbonyl (C=O) groups excluding carboxylic acids is 1. The summed E-state index contributed by atoms with van der Waals surface area (Å²) in [5, 5.41) is 7.21. The number of hydrogen-bond donors (Lipinski definition) is 1. The van der Waals surface area contributed by atoms with Crippen molar-refractivity contribution in [2.75, 3.05) is 6.61 Å². The third-order valence-electron chi connectivity index (χ3n) is 4.34. The third-order valence-corrected chi connectivity index (χ3v) is 5.01. The van der Waals surface area contributed by atoms with Crippen LogP contribution in [0, 0.1) is 0 Å². The van der Waals surface area contributed by atoms with E-state index in [0.717, 1.165) is 33.8 Å². The smallest absolute Gasteiger partial charge is 0.251 e. The van der Waals surface area contributed by atoms with E-state index in [4.69, 9.17) is 9.47 Å². The van der Waals surface area contributed by atoms with Crippen LogP contribution in [0.3, 0.4) is 0 Å². The Morgan fingerprint density at radius 2 is 1.83 bits per heavy atom. The number of benzene rings is 2. The molecule has 0 atom stereocenters. The van der Waals surface area contributed by atoms with Crippen LogP contribution in [0.2, 0.25) is 0 Å². The lowest BCUT2D eigenvalue weighted by Crippen LogP contribution is -2.24. The van der Waals surface area contributed by atoms with Crippen LogP contribution in [-0.4, -0.2) is 22.3 Å². The fourth-order valence-electron chi connectivity index (χ4n) is 2.87. The van der Waals surface area contributed by atoms with Crippen molar-refractivity contribution in [2.24, 2.45) is 0 Å². The Kier molecular flexibility index (Phi) is 7.30. The molecule has 0 aliphatic carbocycles. The summed E-state index contributed by atoms with van der Waals surface area (Å²) in [6.07, 6.45) is 1.74. The molecule has 6 nitrogen and oxygen atoms in total. The number of nitrogens with zero attached hydrogens (tertiary/aromatic N) is 2. The minimum absolute atomic E-state index is 0.135. The van der Waals surface area contributed by atoms with Gasteiger partial charge in [0.1, 0.15) is 18.1 Å². The number of ether oxygens (including phenoxy) is 2. The molecular formula is C22H24BrN3O3. The number of nitrogens with one attached hydrogen (secondary N) is 1. The molecule has 0 bridgehead atoms. The molecule has 1 amide bonds. The van der Waals surface area contributed by atoms with Crippen LogP contribution in [-0.2, 0) is 19.7 Å². The van der Waals surface area contributed by atoms with E-state index in [2.05, 4.69) is 26.3 Å². The topological polar surface area (TPSA) is 65.4 Å². The lowest BCUT2D eigenvalue weighted by atomic mass is 10.1. The van der Waals surface area contributed by atoms with Gasteiger partial charge in [0, 0.05) is 12.1 Å². The van der Waals surface area contributed by atoms with Gasteiger partial charge >= 0.3 is 0 Å². The highest BCUT2D eigenvalue weighted by atomic mass is 79.9. The van der Waals surface area contributed by atoms with Gasteiger partial charge in [0.2, 0.25) is 0 Å². The summed E-state index contributed by atoms with van der Waals surface area (Å²) in [7, 11) is 0. The van der Waals surface area contributed by atoms with Gasteiger partial charge in [-0.2, -0.15) is 5.10 Å². The first kappa shape index (κ1) is 20.9. The molecule has 29 heavy (non-hydrogen) atoms. The zero-order valence-corrected chi connectivity index (χ0v) is 18.1. The lowest BCUT2D eigenvalue weighted by Gasteiger charge is -2.10. The van der Waals surface area contributed by atoms with Crippen molar-refractivity contribution < 1.29 is 14.3 Å². The van der Waals surface area contributed by atoms with Crippen molar-refractivity contribution in [3.8, 4) is 11.5 Å². The summed E-state index contributed by atoms with van der Waals surface area (Å²) in [5.41, 5.74) is 2.46.